The van der Waals surface area contributed by atoms with E-state index >= 15 is 0 Å². The van der Waals surface area contributed by atoms with Crippen LogP contribution in [0.25, 0.3) is 0 Å². The minimum Gasteiger partial charge on any atom is -0.459 e. The molecule has 0 spiro atoms. The lowest BCUT2D eigenvalue weighted by Crippen LogP contribution is -2.37. The molecular formula is C20H24N2O2. The molecule has 0 amide bonds. The van der Waals surface area contributed by atoms with E-state index in [0.29, 0.717) is 5.56 Å². The number of piperidine rings is 1. The van der Waals surface area contributed by atoms with Crippen molar-refractivity contribution < 1.29 is 9.53 Å². The lowest BCUT2D eigenvalue weighted by Gasteiger charge is -2.31. The van der Waals surface area contributed by atoms with E-state index in [1.807, 2.05) is 49.4 Å². The lowest BCUT2D eigenvalue weighted by molar-refractivity contribution is 0.0104. The van der Waals surface area contributed by atoms with Gasteiger partial charge >= 0.3 is 5.97 Å². The Kier molecular flexibility index (Phi) is 5.16. The number of likely N-dealkylation sites (tertiary alicyclic amines) is 1. The zero-order valence-electron chi connectivity index (χ0n) is 14.1. The summed E-state index contributed by atoms with van der Waals surface area (Å²) >= 11 is 0. The molecule has 24 heavy (non-hydrogen) atoms. The smallest absolute Gasteiger partial charge is 0.338 e. The predicted octanol–water partition coefficient (Wildman–Crippen LogP) is 3.40. The summed E-state index contributed by atoms with van der Waals surface area (Å²) in [6.07, 6.45) is 1.73. The van der Waals surface area contributed by atoms with Gasteiger partial charge in [-0.2, -0.15) is 0 Å². The maximum absolute atomic E-state index is 12.2. The summed E-state index contributed by atoms with van der Waals surface area (Å²) in [5.74, 6) is -0.222. The Morgan fingerprint density at radius 3 is 2.46 bits per heavy atom. The van der Waals surface area contributed by atoms with Gasteiger partial charge in [0.25, 0.3) is 0 Å². The topological polar surface area (TPSA) is 55.6 Å². The van der Waals surface area contributed by atoms with Crippen molar-refractivity contribution in [3.8, 4) is 0 Å². The molecule has 0 radical (unpaired) electrons. The first-order valence-electron chi connectivity index (χ1n) is 8.45. The third-order valence-corrected chi connectivity index (χ3v) is 4.54. The summed E-state index contributed by atoms with van der Waals surface area (Å²) < 4.78 is 5.65. The van der Waals surface area contributed by atoms with Crippen LogP contribution in [0.15, 0.2) is 48.5 Å². The number of benzene rings is 2. The van der Waals surface area contributed by atoms with Crippen molar-refractivity contribution in [1.29, 1.82) is 0 Å². The number of nitrogens with two attached hydrogens (primary N) is 1. The van der Waals surface area contributed by atoms with Crippen molar-refractivity contribution in [2.45, 2.75) is 32.4 Å². The van der Waals surface area contributed by atoms with Crippen molar-refractivity contribution in [2.75, 3.05) is 18.8 Å². The zero-order valence-corrected chi connectivity index (χ0v) is 14.1. The van der Waals surface area contributed by atoms with Crippen molar-refractivity contribution in [3.05, 3.63) is 65.2 Å². The molecule has 0 atom stereocenters. The maximum atomic E-state index is 12.2. The number of hydrogen-bond donors (Lipinski definition) is 1. The number of esters is 1. The summed E-state index contributed by atoms with van der Waals surface area (Å²) in [5.41, 5.74) is 9.77. The number of aryl methyl sites for hydroxylation is 1. The molecule has 0 saturated carbocycles. The number of carbonyl (C=O) groups is 1. The molecule has 0 aliphatic carbocycles. The van der Waals surface area contributed by atoms with Gasteiger partial charge in [0.05, 0.1) is 5.56 Å². The van der Waals surface area contributed by atoms with E-state index in [9.17, 15) is 4.79 Å². The van der Waals surface area contributed by atoms with E-state index in [1.165, 1.54) is 0 Å². The normalized spacial score (nSPS) is 16.0. The Bertz CT molecular complexity index is 689. The Morgan fingerprint density at radius 2 is 1.79 bits per heavy atom. The van der Waals surface area contributed by atoms with Crippen LogP contribution in [-0.2, 0) is 11.3 Å². The molecule has 0 bridgehead atoms. The highest BCUT2D eigenvalue weighted by Gasteiger charge is 2.23. The van der Waals surface area contributed by atoms with Gasteiger partial charge in [0.2, 0.25) is 0 Å². The second kappa shape index (κ2) is 7.49. The van der Waals surface area contributed by atoms with Gasteiger partial charge in [0.1, 0.15) is 6.10 Å². The van der Waals surface area contributed by atoms with E-state index in [-0.39, 0.29) is 12.1 Å². The predicted molar refractivity (Wildman–Crippen MR) is 95.7 cm³/mol. The number of rotatable bonds is 4. The Balaban J connectivity index is 1.49. The van der Waals surface area contributed by atoms with Crippen LogP contribution in [0.1, 0.15) is 34.3 Å². The molecular weight excluding hydrogens is 300 g/mol. The van der Waals surface area contributed by atoms with Crippen LogP contribution in [0, 0.1) is 6.92 Å². The summed E-state index contributed by atoms with van der Waals surface area (Å²) in [6, 6.07) is 15.5. The molecule has 0 aromatic heterocycles. The van der Waals surface area contributed by atoms with Crippen LogP contribution in [0.3, 0.4) is 0 Å². The van der Waals surface area contributed by atoms with E-state index in [2.05, 4.69) is 11.0 Å². The van der Waals surface area contributed by atoms with Crippen LogP contribution in [0.5, 0.6) is 0 Å². The van der Waals surface area contributed by atoms with Crippen LogP contribution in [0.4, 0.5) is 5.69 Å². The Morgan fingerprint density at radius 1 is 1.12 bits per heavy atom. The van der Waals surface area contributed by atoms with E-state index in [4.69, 9.17) is 10.5 Å². The van der Waals surface area contributed by atoms with E-state index in [0.717, 1.165) is 49.3 Å². The lowest BCUT2D eigenvalue weighted by atomic mass is 10.1. The van der Waals surface area contributed by atoms with E-state index < -0.39 is 0 Å². The van der Waals surface area contributed by atoms with Crippen LogP contribution < -0.4 is 5.73 Å². The first-order valence-corrected chi connectivity index (χ1v) is 8.45. The molecule has 126 valence electrons. The number of nitrogens with zero attached hydrogens (tertiary/aromatic N) is 1. The molecule has 0 unspecified atom stereocenters. The SMILES string of the molecule is Cc1ccc(C(=O)OC2CCN(Cc3ccccc3N)CC2)cc1. The number of ether oxygens (including phenoxy) is 1. The van der Waals surface area contributed by atoms with Crippen LogP contribution in [-0.4, -0.2) is 30.1 Å². The molecule has 1 heterocycles. The average molecular weight is 324 g/mol. The molecule has 1 aliphatic rings. The third-order valence-electron chi connectivity index (χ3n) is 4.54. The fourth-order valence-corrected chi connectivity index (χ4v) is 3.01. The summed E-state index contributed by atoms with van der Waals surface area (Å²) in [4.78, 5) is 14.6. The van der Waals surface area contributed by atoms with Gasteiger partial charge in [0, 0.05) is 25.3 Å². The van der Waals surface area contributed by atoms with Gasteiger partial charge in [-0.25, -0.2) is 4.79 Å². The second-order valence-electron chi connectivity index (χ2n) is 6.45. The Labute approximate surface area is 143 Å². The van der Waals surface area contributed by atoms with Gasteiger partial charge in [-0.1, -0.05) is 35.9 Å². The highest BCUT2D eigenvalue weighted by Crippen LogP contribution is 2.20. The van der Waals surface area contributed by atoms with Crippen molar-refractivity contribution in [2.24, 2.45) is 0 Å². The van der Waals surface area contributed by atoms with Crippen molar-refractivity contribution >= 4 is 11.7 Å². The fourth-order valence-electron chi connectivity index (χ4n) is 3.01. The van der Waals surface area contributed by atoms with Crippen LogP contribution in [0.2, 0.25) is 0 Å². The highest BCUT2D eigenvalue weighted by molar-refractivity contribution is 5.89. The second-order valence-corrected chi connectivity index (χ2v) is 6.45. The van der Waals surface area contributed by atoms with E-state index in [1.54, 1.807) is 0 Å². The standard InChI is InChI=1S/C20H24N2O2/c1-15-6-8-16(9-7-15)20(23)24-18-10-12-22(13-11-18)14-17-4-2-3-5-19(17)21/h2-9,18H,10-14,21H2,1H3. The average Bonchev–Trinajstić information content (AvgIpc) is 2.59. The molecule has 1 saturated heterocycles. The minimum absolute atomic E-state index is 0.00294. The first kappa shape index (κ1) is 16.5. The molecule has 3 rings (SSSR count). The minimum atomic E-state index is -0.222. The maximum Gasteiger partial charge on any atom is 0.338 e. The molecule has 2 N–H and O–H groups in total. The Hall–Kier alpha value is -2.33. The van der Waals surface area contributed by atoms with Gasteiger partial charge in [-0.3, -0.25) is 4.90 Å². The van der Waals surface area contributed by atoms with Gasteiger partial charge in [0.15, 0.2) is 0 Å². The molecule has 1 aliphatic heterocycles. The third kappa shape index (κ3) is 4.15. The van der Waals surface area contributed by atoms with Gasteiger partial charge in [-0.15, -0.1) is 0 Å². The van der Waals surface area contributed by atoms with Crippen molar-refractivity contribution in [1.82, 2.24) is 4.90 Å². The number of carbonyl (C=O) groups excluding carboxylic acids is 1. The molecule has 4 heteroatoms. The summed E-state index contributed by atoms with van der Waals surface area (Å²) in [7, 11) is 0. The largest absolute Gasteiger partial charge is 0.459 e. The molecule has 2 aromatic rings. The monoisotopic (exact) mass is 324 g/mol. The summed E-state index contributed by atoms with van der Waals surface area (Å²) in [5, 5.41) is 0. The number of anilines is 1. The number of para-hydroxylation sites is 1. The summed E-state index contributed by atoms with van der Waals surface area (Å²) in [6.45, 7) is 4.69. The van der Waals surface area contributed by atoms with Crippen LogP contribution >= 0.6 is 0 Å². The number of hydrogen-bond acceptors (Lipinski definition) is 4. The fraction of sp³-hybridized carbons (Fsp3) is 0.350. The first-order chi connectivity index (χ1) is 11.6. The zero-order chi connectivity index (χ0) is 16.9. The van der Waals surface area contributed by atoms with Gasteiger partial charge in [-0.05, 0) is 43.5 Å². The molecule has 2 aromatic carbocycles. The number of nitrogen functional groups attached to an aromatic ring is 1. The molecule has 4 nitrogen and oxygen atoms in total. The molecule has 1 fully saturated rings. The van der Waals surface area contributed by atoms with Gasteiger partial charge < -0.3 is 10.5 Å². The quantitative estimate of drug-likeness (QED) is 0.692. The van der Waals surface area contributed by atoms with Crippen molar-refractivity contribution in [3.63, 3.8) is 0 Å². The highest BCUT2D eigenvalue weighted by atomic mass is 16.5.